The second-order valence-electron chi connectivity index (χ2n) is 5.51. The molecule has 19 heavy (non-hydrogen) atoms. The van der Waals surface area contributed by atoms with Gasteiger partial charge in [0.1, 0.15) is 12.4 Å². The molecule has 2 fully saturated rings. The molecule has 1 atom stereocenters. The SMILES string of the molecule is CCn1ccnc1COC1COC2(CCNCC2)C1. The molecule has 2 aliphatic rings. The zero-order chi connectivity index (χ0) is 13.1. The summed E-state index contributed by atoms with van der Waals surface area (Å²) in [7, 11) is 0. The average molecular weight is 265 g/mol. The molecule has 1 aromatic heterocycles. The van der Waals surface area contributed by atoms with Crippen LogP contribution in [0.25, 0.3) is 0 Å². The fourth-order valence-electron chi connectivity index (χ4n) is 3.10. The second-order valence-corrected chi connectivity index (χ2v) is 5.51. The molecule has 5 heteroatoms. The van der Waals surface area contributed by atoms with Crippen LogP contribution in [0, 0.1) is 0 Å². The van der Waals surface area contributed by atoms with Gasteiger partial charge in [-0.15, -0.1) is 0 Å². The molecule has 1 N–H and O–H groups in total. The number of aromatic nitrogens is 2. The van der Waals surface area contributed by atoms with Gasteiger partial charge in [0, 0.05) is 25.4 Å². The number of nitrogens with one attached hydrogen (secondary N) is 1. The van der Waals surface area contributed by atoms with Crippen molar-refractivity contribution in [2.75, 3.05) is 19.7 Å². The van der Waals surface area contributed by atoms with Crippen LogP contribution in [-0.2, 0) is 22.6 Å². The van der Waals surface area contributed by atoms with Crippen molar-refractivity contribution in [1.82, 2.24) is 14.9 Å². The van der Waals surface area contributed by atoms with E-state index in [0.29, 0.717) is 6.61 Å². The summed E-state index contributed by atoms with van der Waals surface area (Å²) in [6, 6.07) is 0. The number of aryl methyl sites for hydroxylation is 1. The second kappa shape index (κ2) is 5.61. The zero-order valence-electron chi connectivity index (χ0n) is 11.6. The molecule has 2 saturated heterocycles. The Bertz CT molecular complexity index is 413. The molecule has 3 heterocycles. The predicted molar refractivity (Wildman–Crippen MR) is 71.9 cm³/mol. The van der Waals surface area contributed by atoms with Crippen LogP contribution in [0.5, 0.6) is 0 Å². The molecule has 0 saturated carbocycles. The molecule has 1 unspecified atom stereocenters. The monoisotopic (exact) mass is 265 g/mol. The Kier molecular flexibility index (Phi) is 3.86. The lowest BCUT2D eigenvalue weighted by Gasteiger charge is -2.32. The molecule has 0 bridgehead atoms. The van der Waals surface area contributed by atoms with Gasteiger partial charge in [-0.1, -0.05) is 0 Å². The van der Waals surface area contributed by atoms with E-state index in [2.05, 4.69) is 21.8 Å². The number of nitrogens with zero attached hydrogens (tertiary/aromatic N) is 2. The minimum Gasteiger partial charge on any atom is -0.372 e. The van der Waals surface area contributed by atoms with Crippen LogP contribution in [0.3, 0.4) is 0 Å². The quantitative estimate of drug-likeness (QED) is 0.892. The number of hydrogen-bond acceptors (Lipinski definition) is 4. The normalized spacial score (nSPS) is 26.1. The minimum absolute atomic E-state index is 0.0795. The van der Waals surface area contributed by atoms with E-state index < -0.39 is 0 Å². The van der Waals surface area contributed by atoms with E-state index in [9.17, 15) is 0 Å². The van der Waals surface area contributed by atoms with Gasteiger partial charge in [-0.2, -0.15) is 0 Å². The van der Waals surface area contributed by atoms with E-state index >= 15 is 0 Å². The number of piperidine rings is 1. The van der Waals surface area contributed by atoms with Crippen LogP contribution < -0.4 is 5.32 Å². The molecule has 0 amide bonds. The highest BCUT2D eigenvalue weighted by Crippen LogP contribution is 2.35. The summed E-state index contributed by atoms with van der Waals surface area (Å²) in [5.74, 6) is 1.01. The lowest BCUT2D eigenvalue weighted by Crippen LogP contribution is -2.41. The summed E-state index contributed by atoms with van der Waals surface area (Å²) < 4.78 is 14.1. The molecule has 0 radical (unpaired) electrons. The minimum atomic E-state index is 0.0795. The van der Waals surface area contributed by atoms with Crippen molar-refractivity contribution in [3.05, 3.63) is 18.2 Å². The smallest absolute Gasteiger partial charge is 0.134 e. The highest BCUT2D eigenvalue weighted by atomic mass is 16.6. The molecule has 1 aromatic rings. The van der Waals surface area contributed by atoms with Crippen LogP contribution in [0.15, 0.2) is 12.4 Å². The molecule has 0 aromatic carbocycles. The van der Waals surface area contributed by atoms with Crippen LogP contribution in [0.1, 0.15) is 32.0 Å². The number of imidazole rings is 1. The third-order valence-corrected chi connectivity index (χ3v) is 4.28. The lowest BCUT2D eigenvalue weighted by molar-refractivity contribution is -0.0244. The maximum atomic E-state index is 6.03. The summed E-state index contributed by atoms with van der Waals surface area (Å²) >= 11 is 0. The van der Waals surface area contributed by atoms with Crippen LogP contribution in [-0.4, -0.2) is 41.0 Å². The molecular formula is C14H23N3O2. The first kappa shape index (κ1) is 13.1. The largest absolute Gasteiger partial charge is 0.372 e. The predicted octanol–water partition coefficient (Wildman–Crippen LogP) is 1.33. The first-order valence-corrected chi connectivity index (χ1v) is 7.28. The Labute approximate surface area is 114 Å². The summed E-state index contributed by atoms with van der Waals surface area (Å²) in [5, 5.41) is 3.39. The molecule has 1 spiro atoms. The Morgan fingerprint density at radius 1 is 1.53 bits per heavy atom. The third-order valence-electron chi connectivity index (χ3n) is 4.28. The molecular weight excluding hydrogens is 242 g/mol. The lowest BCUT2D eigenvalue weighted by atomic mass is 9.89. The zero-order valence-corrected chi connectivity index (χ0v) is 11.6. The average Bonchev–Trinajstić information content (AvgIpc) is 3.04. The van der Waals surface area contributed by atoms with E-state index in [1.54, 1.807) is 0 Å². The summed E-state index contributed by atoms with van der Waals surface area (Å²) in [5.41, 5.74) is 0.0795. The fraction of sp³-hybridized carbons (Fsp3) is 0.786. The van der Waals surface area contributed by atoms with Crippen molar-refractivity contribution >= 4 is 0 Å². The van der Waals surface area contributed by atoms with Gasteiger partial charge in [0.2, 0.25) is 0 Å². The standard InChI is InChI=1S/C14H23N3O2/c1-2-17-8-7-16-13(17)11-18-12-9-14(19-10-12)3-5-15-6-4-14/h7-8,12,15H,2-6,9-11H2,1H3. The summed E-state index contributed by atoms with van der Waals surface area (Å²) in [6.07, 6.45) is 7.30. The van der Waals surface area contributed by atoms with E-state index in [-0.39, 0.29) is 11.7 Å². The first-order chi connectivity index (χ1) is 9.31. The fourth-order valence-corrected chi connectivity index (χ4v) is 3.10. The Morgan fingerprint density at radius 3 is 3.16 bits per heavy atom. The van der Waals surface area contributed by atoms with Gasteiger partial charge in [0.15, 0.2) is 0 Å². The van der Waals surface area contributed by atoms with Gasteiger partial charge in [-0.05, 0) is 32.9 Å². The molecule has 0 aliphatic carbocycles. The van der Waals surface area contributed by atoms with E-state index in [1.165, 1.54) is 0 Å². The van der Waals surface area contributed by atoms with Crippen molar-refractivity contribution < 1.29 is 9.47 Å². The van der Waals surface area contributed by atoms with Gasteiger partial charge in [0.25, 0.3) is 0 Å². The Morgan fingerprint density at radius 2 is 2.37 bits per heavy atom. The van der Waals surface area contributed by atoms with Gasteiger partial charge in [-0.25, -0.2) is 4.98 Å². The van der Waals surface area contributed by atoms with Crippen molar-refractivity contribution in [2.45, 2.75) is 51.0 Å². The highest BCUT2D eigenvalue weighted by Gasteiger charge is 2.41. The summed E-state index contributed by atoms with van der Waals surface area (Å²) in [4.78, 5) is 4.34. The van der Waals surface area contributed by atoms with Gasteiger partial charge >= 0.3 is 0 Å². The number of ether oxygens (including phenoxy) is 2. The Balaban J connectivity index is 1.52. The summed E-state index contributed by atoms with van der Waals surface area (Å²) in [6.45, 7) is 6.50. The van der Waals surface area contributed by atoms with Crippen molar-refractivity contribution in [2.24, 2.45) is 0 Å². The van der Waals surface area contributed by atoms with Gasteiger partial charge in [-0.3, -0.25) is 0 Å². The van der Waals surface area contributed by atoms with Gasteiger partial charge < -0.3 is 19.4 Å². The number of hydrogen-bond donors (Lipinski definition) is 1. The first-order valence-electron chi connectivity index (χ1n) is 7.28. The molecule has 106 valence electrons. The third kappa shape index (κ3) is 2.83. The van der Waals surface area contributed by atoms with Crippen LogP contribution >= 0.6 is 0 Å². The van der Waals surface area contributed by atoms with Crippen LogP contribution in [0.4, 0.5) is 0 Å². The molecule has 3 rings (SSSR count). The van der Waals surface area contributed by atoms with Crippen molar-refractivity contribution in [1.29, 1.82) is 0 Å². The van der Waals surface area contributed by atoms with Crippen molar-refractivity contribution in [3.63, 3.8) is 0 Å². The topological polar surface area (TPSA) is 48.3 Å². The number of rotatable bonds is 4. The van der Waals surface area contributed by atoms with Crippen LogP contribution in [0.2, 0.25) is 0 Å². The van der Waals surface area contributed by atoms with E-state index in [1.807, 2.05) is 12.4 Å². The van der Waals surface area contributed by atoms with E-state index in [4.69, 9.17) is 9.47 Å². The molecule has 2 aliphatic heterocycles. The highest BCUT2D eigenvalue weighted by molar-refractivity contribution is 4.94. The Hall–Kier alpha value is -0.910. The maximum absolute atomic E-state index is 6.03. The van der Waals surface area contributed by atoms with Gasteiger partial charge in [0.05, 0.1) is 18.3 Å². The van der Waals surface area contributed by atoms with E-state index in [0.717, 1.165) is 51.3 Å². The van der Waals surface area contributed by atoms with Crippen molar-refractivity contribution in [3.8, 4) is 0 Å². The maximum Gasteiger partial charge on any atom is 0.134 e. The molecule has 5 nitrogen and oxygen atoms in total.